The van der Waals surface area contributed by atoms with Crippen LogP contribution in [0.1, 0.15) is 33.4 Å². The van der Waals surface area contributed by atoms with E-state index < -0.39 is 6.04 Å². The molecule has 1 aromatic heterocycles. The fourth-order valence-corrected chi connectivity index (χ4v) is 2.71. The Balaban J connectivity index is 2.17. The molecule has 1 amide bonds. The van der Waals surface area contributed by atoms with E-state index in [2.05, 4.69) is 26.3 Å². The van der Waals surface area contributed by atoms with Crippen molar-refractivity contribution in [3.63, 3.8) is 0 Å². The van der Waals surface area contributed by atoms with Crippen molar-refractivity contribution in [1.29, 1.82) is 0 Å². The molecule has 1 aliphatic heterocycles. The second-order valence-corrected chi connectivity index (χ2v) is 5.46. The van der Waals surface area contributed by atoms with Gasteiger partial charge in [-0.2, -0.15) is 5.10 Å². The maximum absolute atomic E-state index is 14.1. The standard InChI is InChI=1S/C13H11BrFN3O/c1-6-10-11(8-4-3-7(14)5-9(8)15)16-13(19)12(10)17-18(6)2/h3-5,11H,1-2H3,(H,16,19). The van der Waals surface area contributed by atoms with Crippen molar-refractivity contribution < 1.29 is 9.18 Å². The fraction of sp³-hybridized carbons (Fsp3) is 0.231. The lowest BCUT2D eigenvalue weighted by atomic mass is 9.99. The van der Waals surface area contributed by atoms with Crippen molar-refractivity contribution in [3.05, 3.63) is 51.0 Å². The fourth-order valence-electron chi connectivity index (χ4n) is 2.38. The van der Waals surface area contributed by atoms with Crippen LogP contribution in [-0.4, -0.2) is 15.7 Å². The number of rotatable bonds is 1. The third-order valence-electron chi connectivity index (χ3n) is 3.43. The molecule has 0 spiro atoms. The lowest BCUT2D eigenvalue weighted by molar-refractivity contribution is 0.0954. The molecule has 98 valence electrons. The van der Waals surface area contributed by atoms with Gasteiger partial charge in [-0.3, -0.25) is 9.48 Å². The maximum Gasteiger partial charge on any atom is 0.272 e. The molecule has 1 aliphatic rings. The van der Waals surface area contributed by atoms with Gasteiger partial charge < -0.3 is 5.32 Å². The molecular weight excluding hydrogens is 313 g/mol. The monoisotopic (exact) mass is 323 g/mol. The number of carbonyl (C=O) groups is 1. The molecule has 2 aromatic rings. The largest absolute Gasteiger partial charge is 0.339 e. The molecule has 0 saturated carbocycles. The van der Waals surface area contributed by atoms with Gasteiger partial charge >= 0.3 is 0 Å². The number of halogens is 2. The van der Waals surface area contributed by atoms with Crippen LogP contribution in [0.5, 0.6) is 0 Å². The number of benzene rings is 1. The number of nitrogens with one attached hydrogen (secondary N) is 1. The zero-order valence-electron chi connectivity index (χ0n) is 10.4. The van der Waals surface area contributed by atoms with Crippen LogP contribution in [0.2, 0.25) is 0 Å². The smallest absolute Gasteiger partial charge is 0.272 e. The topological polar surface area (TPSA) is 46.9 Å². The van der Waals surface area contributed by atoms with E-state index in [9.17, 15) is 9.18 Å². The number of nitrogens with zero attached hydrogens (tertiary/aromatic N) is 2. The zero-order chi connectivity index (χ0) is 13.7. The van der Waals surface area contributed by atoms with Crippen LogP contribution < -0.4 is 5.32 Å². The van der Waals surface area contributed by atoms with Gasteiger partial charge in [0.1, 0.15) is 5.82 Å². The van der Waals surface area contributed by atoms with Gasteiger partial charge in [0.05, 0.1) is 6.04 Å². The van der Waals surface area contributed by atoms with Crippen molar-refractivity contribution in [2.45, 2.75) is 13.0 Å². The molecule has 0 aliphatic carbocycles. The predicted molar refractivity (Wildman–Crippen MR) is 71.4 cm³/mol. The zero-order valence-corrected chi connectivity index (χ0v) is 12.0. The Morgan fingerprint density at radius 2 is 2.21 bits per heavy atom. The molecule has 0 bridgehead atoms. The second-order valence-electron chi connectivity index (χ2n) is 4.54. The Kier molecular flexibility index (Phi) is 2.70. The molecule has 0 fully saturated rings. The van der Waals surface area contributed by atoms with E-state index in [1.165, 1.54) is 6.07 Å². The van der Waals surface area contributed by atoms with Crippen LogP contribution in [-0.2, 0) is 7.05 Å². The number of fused-ring (bicyclic) bond motifs is 1. The van der Waals surface area contributed by atoms with Crippen LogP contribution >= 0.6 is 15.9 Å². The third kappa shape index (κ3) is 1.78. The summed E-state index contributed by atoms with van der Waals surface area (Å²) in [6.07, 6.45) is 0. The minimum absolute atomic E-state index is 0.258. The molecule has 6 heteroatoms. The first kappa shape index (κ1) is 12.3. The van der Waals surface area contributed by atoms with Crippen LogP contribution in [0.25, 0.3) is 0 Å². The first-order valence-electron chi connectivity index (χ1n) is 5.78. The third-order valence-corrected chi connectivity index (χ3v) is 3.93. The summed E-state index contributed by atoms with van der Waals surface area (Å²) in [5.41, 5.74) is 2.45. The van der Waals surface area contributed by atoms with Crippen LogP contribution in [0.15, 0.2) is 22.7 Å². The summed E-state index contributed by atoms with van der Waals surface area (Å²) in [7, 11) is 1.77. The lowest BCUT2D eigenvalue weighted by Crippen LogP contribution is -2.22. The summed E-state index contributed by atoms with van der Waals surface area (Å²) in [6.45, 7) is 1.87. The Hall–Kier alpha value is -1.69. The van der Waals surface area contributed by atoms with E-state index in [1.807, 2.05) is 6.92 Å². The van der Waals surface area contributed by atoms with E-state index in [1.54, 1.807) is 23.9 Å². The Labute approximate surface area is 117 Å². The predicted octanol–water partition coefficient (Wildman–Crippen LogP) is 2.46. The van der Waals surface area contributed by atoms with Gasteiger partial charge in [0, 0.05) is 28.3 Å². The summed E-state index contributed by atoms with van der Waals surface area (Å²) >= 11 is 3.22. The van der Waals surface area contributed by atoms with Crippen LogP contribution in [0.4, 0.5) is 4.39 Å². The molecule has 4 nitrogen and oxygen atoms in total. The average molecular weight is 324 g/mol. The molecule has 19 heavy (non-hydrogen) atoms. The lowest BCUT2D eigenvalue weighted by Gasteiger charge is -2.14. The number of hydrogen-bond acceptors (Lipinski definition) is 2. The van der Waals surface area contributed by atoms with E-state index >= 15 is 0 Å². The average Bonchev–Trinajstić information content (AvgIpc) is 2.80. The number of amides is 1. The molecule has 0 radical (unpaired) electrons. The SMILES string of the molecule is Cc1c2c(nn1C)C(=O)NC2c1ccc(Br)cc1F. The van der Waals surface area contributed by atoms with Crippen molar-refractivity contribution in [2.75, 3.05) is 0 Å². The highest BCUT2D eigenvalue weighted by Crippen LogP contribution is 2.34. The van der Waals surface area contributed by atoms with Crippen molar-refractivity contribution in [2.24, 2.45) is 7.05 Å². The number of carbonyl (C=O) groups excluding carboxylic acids is 1. The first-order chi connectivity index (χ1) is 8.99. The Morgan fingerprint density at radius 1 is 1.47 bits per heavy atom. The summed E-state index contributed by atoms with van der Waals surface area (Å²) in [5.74, 6) is -0.609. The highest BCUT2D eigenvalue weighted by molar-refractivity contribution is 9.10. The maximum atomic E-state index is 14.1. The molecule has 1 aromatic carbocycles. The number of hydrogen-bond donors (Lipinski definition) is 1. The van der Waals surface area contributed by atoms with Gasteiger partial charge in [-0.15, -0.1) is 0 Å². The number of aryl methyl sites for hydroxylation is 1. The van der Waals surface area contributed by atoms with E-state index in [4.69, 9.17) is 0 Å². The molecule has 1 unspecified atom stereocenters. The normalized spacial score (nSPS) is 17.5. The second kappa shape index (κ2) is 4.16. The van der Waals surface area contributed by atoms with Gasteiger partial charge in [0.15, 0.2) is 5.69 Å². The van der Waals surface area contributed by atoms with Gasteiger partial charge in [0.2, 0.25) is 0 Å². The number of aromatic nitrogens is 2. The molecule has 2 heterocycles. The summed E-state index contributed by atoms with van der Waals surface area (Å²) in [5, 5.41) is 6.94. The Morgan fingerprint density at radius 3 is 2.89 bits per heavy atom. The molecule has 0 saturated heterocycles. The van der Waals surface area contributed by atoms with Crippen LogP contribution in [0, 0.1) is 12.7 Å². The van der Waals surface area contributed by atoms with Crippen molar-refractivity contribution in [1.82, 2.24) is 15.1 Å². The highest BCUT2D eigenvalue weighted by atomic mass is 79.9. The molecule has 1 atom stereocenters. The molecule has 1 N–H and O–H groups in total. The van der Waals surface area contributed by atoms with Gasteiger partial charge in [-0.25, -0.2) is 4.39 Å². The van der Waals surface area contributed by atoms with Gasteiger partial charge in [-0.1, -0.05) is 22.0 Å². The minimum atomic E-state index is -0.468. The summed E-state index contributed by atoms with van der Waals surface area (Å²) < 4.78 is 16.4. The first-order valence-corrected chi connectivity index (χ1v) is 6.57. The quantitative estimate of drug-likeness (QED) is 0.876. The van der Waals surface area contributed by atoms with Gasteiger partial charge in [-0.05, 0) is 19.1 Å². The van der Waals surface area contributed by atoms with Crippen LogP contribution in [0.3, 0.4) is 0 Å². The van der Waals surface area contributed by atoms with E-state index in [0.717, 1.165) is 11.3 Å². The van der Waals surface area contributed by atoms with Gasteiger partial charge in [0.25, 0.3) is 5.91 Å². The minimum Gasteiger partial charge on any atom is -0.339 e. The summed E-state index contributed by atoms with van der Waals surface area (Å²) in [4.78, 5) is 11.9. The highest BCUT2D eigenvalue weighted by Gasteiger charge is 2.36. The molecule has 3 rings (SSSR count). The Bertz CT molecular complexity index is 695. The molecular formula is C13H11BrFN3O. The van der Waals surface area contributed by atoms with E-state index in [-0.39, 0.29) is 11.7 Å². The summed E-state index contributed by atoms with van der Waals surface area (Å²) in [6, 6.07) is 4.36. The van der Waals surface area contributed by atoms with Crippen molar-refractivity contribution >= 4 is 21.8 Å². The van der Waals surface area contributed by atoms with Crippen molar-refractivity contribution in [3.8, 4) is 0 Å². The van der Waals surface area contributed by atoms with E-state index in [0.29, 0.717) is 15.7 Å².